The lowest BCUT2D eigenvalue weighted by atomic mass is 10.0. The molecule has 2 rings (SSSR count). The van der Waals surface area contributed by atoms with Crippen LogP contribution in [-0.4, -0.2) is 6.04 Å². The second-order valence-corrected chi connectivity index (χ2v) is 5.83. The molecule has 1 aromatic rings. The Bertz CT molecular complexity index is 356. The van der Waals surface area contributed by atoms with E-state index in [1.54, 1.807) is 5.56 Å². The standard InChI is InChI=1S/C16H25N/c1-12(2)8-9-13(3)17-16-11-10-14-6-4-5-7-15(14)16/h4-7,12-13,16-17H,8-11H2,1-3H3. The highest BCUT2D eigenvalue weighted by molar-refractivity contribution is 5.34. The predicted octanol–water partition coefficient (Wildman–Crippen LogP) is 4.09. The van der Waals surface area contributed by atoms with Crippen molar-refractivity contribution in [2.45, 2.75) is 58.5 Å². The maximum Gasteiger partial charge on any atom is 0.0328 e. The first kappa shape index (κ1) is 12.6. The quantitative estimate of drug-likeness (QED) is 0.805. The average Bonchev–Trinajstić information content (AvgIpc) is 2.70. The van der Waals surface area contributed by atoms with E-state index in [4.69, 9.17) is 0 Å². The normalized spacial score (nSPS) is 20.6. The second-order valence-electron chi connectivity index (χ2n) is 5.83. The van der Waals surface area contributed by atoms with Gasteiger partial charge in [0.2, 0.25) is 0 Å². The van der Waals surface area contributed by atoms with Crippen molar-refractivity contribution in [2.24, 2.45) is 5.92 Å². The lowest BCUT2D eigenvalue weighted by Gasteiger charge is -2.21. The van der Waals surface area contributed by atoms with Crippen LogP contribution < -0.4 is 5.32 Å². The van der Waals surface area contributed by atoms with E-state index < -0.39 is 0 Å². The average molecular weight is 231 g/mol. The van der Waals surface area contributed by atoms with Gasteiger partial charge < -0.3 is 5.32 Å². The highest BCUT2D eigenvalue weighted by atomic mass is 14.9. The molecule has 0 aromatic heterocycles. The Morgan fingerprint density at radius 3 is 2.71 bits per heavy atom. The summed E-state index contributed by atoms with van der Waals surface area (Å²) < 4.78 is 0. The maximum absolute atomic E-state index is 3.79. The van der Waals surface area contributed by atoms with Crippen LogP contribution >= 0.6 is 0 Å². The maximum atomic E-state index is 3.79. The Morgan fingerprint density at radius 2 is 1.94 bits per heavy atom. The van der Waals surface area contributed by atoms with Crippen LogP contribution in [0.25, 0.3) is 0 Å². The van der Waals surface area contributed by atoms with Crippen LogP contribution in [0.1, 0.15) is 57.2 Å². The van der Waals surface area contributed by atoms with Crippen LogP contribution in [0.2, 0.25) is 0 Å². The minimum atomic E-state index is 0.591. The van der Waals surface area contributed by atoms with Crippen LogP contribution in [0.3, 0.4) is 0 Å². The Balaban J connectivity index is 1.88. The van der Waals surface area contributed by atoms with Gasteiger partial charge in [0.15, 0.2) is 0 Å². The van der Waals surface area contributed by atoms with E-state index in [2.05, 4.69) is 50.4 Å². The van der Waals surface area contributed by atoms with E-state index in [0.29, 0.717) is 12.1 Å². The Hall–Kier alpha value is -0.820. The van der Waals surface area contributed by atoms with Crippen LogP contribution in [0.15, 0.2) is 24.3 Å². The third-order valence-corrected chi connectivity index (χ3v) is 3.80. The van der Waals surface area contributed by atoms with Gasteiger partial charge in [-0.05, 0) is 49.7 Å². The molecule has 1 aliphatic rings. The predicted molar refractivity (Wildman–Crippen MR) is 74.2 cm³/mol. The summed E-state index contributed by atoms with van der Waals surface area (Å²) in [6, 6.07) is 10.1. The van der Waals surface area contributed by atoms with Gasteiger partial charge in [-0.15, -0.1) is 0 Å². The minimum Gasteiger partial charge on any atom is -0.307 e. The molecule has 0 heterocycles. The summed E-state index contributed by atoms with van der Waals surface area (Å²) >= 11 is 0. The van der Waals surface area contributed by atoms with Gasteiger partial charge in [0.25, 0.3) is 0 Å². The molecule has 0 aliphatic heterocycles. The first-order chi connectivity index (χ1) is 8.16. The van der Waals surface area contributed by atoms with Gasteiger partial charge in [0, 0.05) is 12.1 Å². The molecule has 0 radical (unpaired) electrons. The molecule has 1 heteroatoms. The summed E-state index contributed by atoms with van der Waals surface area (Å²) in [4.78, 5) is 0. The number of nitrogens with one attached hydrogen (secondary N) is 1. The highest BCUT2D eigenvalue weighted by Crippen LogP contribution is 2.31. The van der Waals surface area contributed by atoms with Crippen LogP contribution in [-0.2, 0) is 6.42 Å². The summed E-state index contributed by atoms with van der Waals surface area (Å²) in [7, 11) is 0. The molecule has 2 atom stereocenters. The fourth-order valence-electron chi connectivity index (χ4n) is 2.74. The zero-order valence-corrected chi connectivity index (χ0v) is 11.4. The van der Waals surface area contributed by atoms with E-state index in [1.165, 1.54) is 31.2 Å². The summed E-state index contributed by atoms with van der Waals surface area (Å²) in [5.41, 5.74) is 3.07. The van der Waals surface area contributed by atoms with Crippen molar-refractivity contribution in [2.75, 3.05) is 0 Å². The monoisotopic (exact) mass is 231 g/mol. The number of rotatable bonds is 5. The van der Waals surface area contributed by atoms with Gasteiger partial charge in [-0.1, -0.05) is 38.1 Å². The molecule has 1 N–H and O–H groups in total. The number of benzene rings is 1. The van der Waals surface area contributed by atoms with Crippen molar-refractivity contribution in [3.63, 3.8) is 0 Å². The zero-order chi connectivity index (χ0) is 12.3. The fourth-order valence-corrected chi connectivity index (χ4v) is 2.74. The molecule has 0 fully saturated rings. The second kappa shape index (κ2) is 5.68. The Kier molecular flexibility index (Phi) is 4.22. The molecule has 0 spiro atoms. The van der Waals surface area contributed by atoms with Crippen molar-refractivity contribution in [1.82, 2.24) is 5.32 Å². The van der Waals surface area contributed by atoms with E-state index in [0.717, 1.165) is 5.92 Å². The fraction of sp³-hybridized carbons (Fsp3) is 0.625. The molecule has 94 valence electrons. The Morgan fingerprint density at radius 1 is 1.18 bits per heavy atom. The van der Waals surface area contributed by atoms with E-state index in [9.17, 15) is 0 Å². The van der Waals surface area contributed by atoms with Crippen LogP contribution in [0, 0.1) is 5.92 Å². The van der Waals surface area contributed by atoms with Crippen molar-refractivity contribution >= 4 is 0 Å². The highest BCUT2D eigenvalue weighted by Gasteiger charge is 2.22. The van der Waals surface area contributed by atoms with Crippen molar-refractivity contribution in [1.29, 1.82) is 0 Å². The topological polar surface area (TPSA) is 12.0 Å². The molecule has 1 aromatic carbocycles. The summed E-state index contributed by atoms with van der Waals surface area (Å²) in [6.07, 6.45) is 5.12. The summed E-state index contributed by atoms with van der Waals surface area (Å²) in [5, 5.41) is 3.79. The van der Waals surface area contributed by atoms with Crippen molar-refractivity contribution < 1.29 is 0 Å². The first-order valence-corrected chi connectivity index (χ1v) is 7.00. The summed E-state index contributed by atoms with van der Waals surface area (Å²) in [5.74, 6) is 0.815. The van der Waals surface area contributed by atoms with Gasteiger partial charge in [-0.2, -0.15) is 0 Å². The molecule has 0 bridgehead atoms. The number of fused-ring (bicyclic) bond motifs is 1. The Labute approximate surface area is 106 Å². The SMILES string of the molecule is CC(C)CCC(C)NC1CCc2ccccc21. The van der Waals surface area contributed by atoms with Crippen molar-refractivity contribution in [3.05, 3.63) is 35.4 Å². The summed E-state index contributed by atoms with van der Waals surface area (Å²) in [6.45, 7) is 6.93. The van der Waals surface area contributed by atoms with Gasteiger partial charge >= 0.3 is 0 Å². The van der Waals surface area contributed by atoms with Crippen molar-refractivity contribution in [3.8, 4) is 0 Å². The molecule has 1 aliphatic carbocycles. The van der Waals surface area contributed by atoms with Gasteiger partial charge in [0.1, 0.15) is 0 Å². The molecule has 1 nitrogen and oxygen atoms in total. The zero-order valence-electron chi connectivity index (χ0n) is 11.4. The molecule has 2 unspecified atom stereocenters. The number of hydrogen-bond donors (Lipinski definition) is 1. The number of aryl methyl sites for hydroxylation is 1. The molecule has 0 saturated carbocycles. The molecule has 0 saturated heterocycles. The molecular formula is C16H25N. The van der Waals surface area contributed by atoms with E-state index >= 15 is 0 Å². The third-order valence-electron chi connectivity index (χ3n) is 3.80. The van der Waals surface area contributed by atoms with Gasteiger partial charge in [-0.25, -0.2) is 0 Å². The van der Waals surface area contributed by atoms with E-state index in [1.807, 2.05) is 0 Å². The molecule has 17 heavy (non-hydrogen) atoms. The van der Waals surface area contributed by atoms with Gasteiger partial charge in [0.05, 0.1) is 0 Å². The van der Waals surface area contributed by atoms with Crippen LogP contribution in [0.4, 0.5) is 0 Å². The number of hydrogen-bond acceptors (Lipinski definition) is 1. The van der Waals surface area contributed by atoms with Crippen LogP contribution in [0.5, 0.6) is 0 Å². The molecular weight excluding hydrogens is 206 g/mol. The minimum absolute atomic E-state index is 0.591. The largest absolute Gasteiger partial charge is 0.307 e. The lowest BCUT2D eigenvalue weighted by molar-refractivity contribution is 0.403. The van der Waals surface area contributed by atoms with E-state index in [-0.39, 0.29) is 0 Å². The molecule has 0 amide bonds. The van der Waals surface area contributed by atoms with Gasteiger partial charge in [-0.3, -0.25) is 0 Å². The smallest absolute Gasteiger partial charge is 0.0328 e. The lowest BCUT2D eigenvalue weighted by Crippen LogP contribution is -2.29. The third kappa shape index (κ3) is 3.32. The first-order valence-electron chi connectivity index (χ1n) is 7.00.